The van der Waals surface area contributed by atoms with Crippen LogP contribution in [0.15, 0.2) is 142 Å². The zero-order valence-electron chi connectivity index (χ0n) is 33.1. The van der Waals surface area contributed by atoms with E-state index >= 15 is 0 Å². The lowest BCUT2D eigenvalue weighted by Gasteiger charge is -2.24. The summed E-state index contributed by atoms with van der Waals surface area (Å²) in [7, 11) is -1.83. The van der Waals surface area contributed by atoms with Crippen molar-refractivity contribution in [2.45, 2.75) is 52.5 Å². The Morgan fingerprint density at radius 2 is 1.35 bits per heavy atom. The average Bonchev–Trinajstić information content (AvgIpc) is 3.98. The monoisotopic (exact) mass is 757 g/mol. The van der Waals surface area contributed by atoms with E-state index in [1.807, 2.05) is 0 Å². The van der Waals surface area contributed by atoms with Crippen molar-refractivity contribution in [2.24, 2.45) is 5.92 Å². The predicted octanol–water partition coefficient (Wildman–Crippen LogP) is 11.3. The van der Waals surface area contributed by atoms with E-state index in [0.717, 1.165) is 78.4 Å². The minimum atomic E-state index is -1.83. The number of pyridine rings is 1. The minimum Gasteiger partial charge on any atom is -0.455 e. The Morgan fingerprint density at radius 1 is 0.684 bits per heavy atom. The SMILES string of the molecule is Cc1ccc2c(c1)-c1cc(CC(C)C)c([Si](C)(C)C)c[n+]1C21c2ccc3c(oc4ccccc43)c2-c2n(-c3cccc4c3oc3ccccc34)c3ccccc3[n+]21. The van der Waals surface area contributed by atoms with E-state index in [1.54, 1.807) is 0 Å². The van der Waals surface area contributed by atoms with Gasteiger partial charge in [-0.15, -0.1) is 9.13 Å². The molecule has 12 rings (SSSR count). The zero-order valence-corrected chi connectivity index (χ0v) is 34.1. The summed E-state index contributed by atoms with van der Waals surface area (Å²) in [4.78, 5) is 0. The summed E-state index contributed by atoms with van der Waals surface area (Å²) in [5.74, 6) is 1.63. The molecule has 6 heteroatoms. The first-order valence-corrected chi connectivity index (χ1v) is 23.8. The molecule has 6 aromatic carbocycles. The van der Waals surface area contributed by atoms with E-state index in [-0.39, 0.29) is 0 Å². The number of benzene rings is 6. The molecule has 0 saturated carbocycles. The molecule has 10 aromatic rings. The third kappa shape index (κ3) is 4.18. The second kappa shape index (κ2) is 11.2. The third-order valence-corrected chi connectivity index (χ3v) is 14.7. The van der Waals surface area contributed by atoms with E-state index in [1.165, 1.54) is 38.7 Å². The molecule has 5 nitrogen and oxygen atoms in total. The molecule has 0 fully saturated rings. The van der Waals surface area contributed by atoms with Crippen LogP contribution in [0.3, 0.4) is 0 Å². The van der Waals surface area contributed by atoms with Gasteiger partial charge in [-0.3, -0.25) is 0 Å². The van der Waals surface area contributed by atoms with Crippen molar-refractivity contribution in [1.82, 2.24) is 4.57 Å². The maximum Gasteiger partial charge on any atom is 0.364 e. The highest BCUT2D eigenvalue weighted by molar-refractivity contribution is 6.89. The Bertz CT molecular complexity index is 3370. The van der Waals surface area contributed by atoms with Gasteiger partial charge >= 0.3 is 11.5 Å². The predicted molar refractivity (Wildman–Crippen MR) is 233 cm³/mol. The van der Waals surface area contributed by atoms with Gasteiger partial charge in [0, 0.05) is 32.8 Å². The number of rotatable bonds is 4. The van der Waals surface area contributed by atoms with Crippen molar-refractivity contribution < 1.29 is 18.0 Å². The molecule has 0 aliphatic carbocycles. The number of aryl methyl sites for hydroxylation is 1. The number of nitrogens with zero attached hydrogens (tertiary/aromatic N) is 3. The summed E-state index contributed by atoms with van der Waals surface area (Å²) in [6.45, 7) is 14.4. The molecule has 0 radical (unpaired) electrons. The molecule has 0 saturated heterocycles. The second-order valence-electron chi connectivity index (χ2n) is 17.7. The van der Waals surface area contributed by atoms with Gasteiger partial charge in [0.05, 0.1) is 24.8 Å². The van der Waals surface area contributed by atoms with Crippen molar-refractivity contribution in [3.05, 3.63) is 156 Å². The van der Waals surface area contributed by atoms with Gasteiger partial charge in [0.15, 0.2) is 34.1 Å². The zero-order chi connectivity index (χ0) is 38.5. The molecule has 276 valence electrons. The number of para-hydroxylation sites is 5. The fourth-order valence-corrected chi connectivity index (χ4v) is 12.1. The highest BCUT2D eigenvalue weighted by Crippen LogP contribution is 2.53. The summed E-state index contributed by atoms with van der Waals surface area (Å²) < 4.78 is 21.6. The molecule has 0 N–H and O–H groups in total. The van der Waals surface area contributed by atoms with Gasteiger partial charge in [0.25, 0.3) is 0 Å². The van der Waals surface area contributed by atoms with Crippen molar-refractivity contribution in [3.8, 4) is 28.3 Å². The summed E-state index contributed by atoms with van der Waals surface area (Å²) in [6, 6.07) is 46.7. The topological polar surface area (TPSA) is 39.0 Å². The molecular weight excluding hydrogens is 715 g/mol. The summed E-state index contributed by atoms with van der Waals surface area (Å²) in [5.41, 5.74) is 15.0. The normalized spacial score (nSPS) is 15.8. The van der Waals surface area contributed by atoms with Crippen molar-refractivity contribution >= 4 is 68.2 Å². The van der Waals surface area contributed by atoms with Crippen LogP contribution >= 0.6 is 0 Å². The average molecular weight is 758 g/mol. The molecule has 1 unspecified atom stereocenters. The van der Waals surface area contributed by atoms with Crippen LogP contribution < -0.4 is 14.3 Å². The molecule has 1 spiro atoms. The highest BCUT2D eigenvalue weighted by Gasteiger charge is 2.67. The Balaban J connectivity index is 1.32. The van der Waals surface area contributed by atoms with Crippen LogP contribution in [0.1, 0.15) is 36.1 Å². The molecule has 2 aliphatic rings. The van der Waals surface area contributed by atoms with Gasteiger partial charge in [0.2, 0.25) is 5.69 Å². The van der Waals surface area contributed by atoms with Gasteiger partial charge in [-0.05, 0) is 79.4 Å². The Morgan fingerprint density at radius 3 is 2.11 bits per heavy atom. The molecule has 4 aromatic heterocycles. The summed E-state index contributed by atoms with van der Waals surface area (Å²) >= 11 is 0. The van der Waals surface area contributed by atoms with E-state index < -0.39 is 13.7 Å². The summed E-state index contributed by atoms with van der Waals surface area (Å²) in [5, 5.41) is 5.98. The smallest absolute Gasteiger partial charge is 0.364 e. The lowest BCUT2D eigenvalue weighted by atomic mass is 9.88. The molecule has 6 heterocycles. The number of aromatic nitrogens is 3. The van der Waals surface area contributed by atoms with Crippen LogP contribution in [0.25, 0.3) is 83.2 Å². The van der Waals surface area contributed by atoms with Crippen molar-refractivity contribution in [2.75, 3.05) is 0 Å². The number of fused-ring (bicyclic) bond motifs is 19. The van der Waals surface area contributed by atoms with E-state index in [0.29, 0.717) is 5.92 Å². The number of hydrogen-bond donors (Lipinski definition) is 0. The largest absolute Gasteiger partial charge is 0.455 e. The molecule has 57 heavy (non-hydrogen) atoms. The van der Waals surface area contributed by atoms with E-state index in [2.05, 4.69) is 188 Å². The molecule has 1 atom stereocenters. The van der Waals surface area contributed by atoms with Gasteiger partial charge in [-0.25, -0.2) is 0 Å². The van der Waals surface area contributed by atoms with E-state index in [4.69, 9.17) is 8.83 Å². The quantitative estimate of drug-likeness (QED) is 0.132. The first kappa shape index (κ1) is 32.9. The first-order chi connectivity index (χ1) is 27.6. The van der Waals surface area contributed by atoms with Gasteiger partial charge < -0.3 is 8.83 Å². The molecular formula is C51H43N3O2Si+2. The van der Waals surface area contributed by atoms with Crippen LogP contribution in [0.5, 0.6) is 0 Å². The standard InChI is InChI=1S/C51H43N3O2Si/c1-30(2)26-32-28-43-37-27-31(3)22-24-38(37)51(52(43)29-46(32)57(4,5)6)39-25-23-36-34-15-8-12-21-45(34)56-49(36)47(39)50-53(40-17-9-10-18-41(40)54(50)51)42-19-13-16-35-33-14-7-11-20-44(33)55-48(35)42/h7-25,27-30H,26H2,1-6H3/q+2. The van der Waals surface area contributed by atoms with Crippen LogP contribution in [0.4, 0.5) is 0 Å². The number of imidazole rings is 1. The van der Waals surface area contributed by atoms with Gasteiger partial charge in [0.1, 0.15) is 16.7 Å². The van der Waals surface area contributed by atoms with Gasteiger partial charge in [-0.1, -0.05) is 106 Å². The Kier molecular flexibility index (Phi) is 6.48. The minimum absolute atomic E-state index is 0.545. The lowest BCUT2D eigenvalue weighted by Crippen LogP contribution is -2.72. The maximum absolute atomic E-state index is 7.06. The molecule has 0 bridgehead atoms. The third-order valence-electron chi connectivity index (χ3n) is 12.7. The second-order valence-corrected chi connectivity index (χ2v) is 22.8. The molecule has 2 aliphatic heterocycles. The highest BCUT2D eigenvalue weighted by atomic mass is 28.3. The fraction of sp³-hybridized carbons (Fsp3) is 0.176. The maximum atomic E-state index is 7.06. The molecule has 0 amide bonds. The van der Waals surface area contributed by atoms with Crippen LogP contribution in [0, 0.1) is 12.8 Å². The fourth-order valence-electron chi connectivity index (χ4n) is 10.5. The number of hydrogen-bond acceptors (Lipinski definition) is 2. The van der Waals surface area contributed by atoms with Crippen LogP contribution in [0.2, 0.25) is 19.6 Å². The number of furan rings is 2. The van der Waals surface area contributed by atoms with Crippen molar-refractivity contribution in [1.29, 1.82) is 0 Å². The van der Waals surface area contributed by atoms with E-state index in [9.17, 15) is 0 Å². The van der Waals surface area contributed by atoms with Crippen molar-refractivity contribution in [3.63, 3.8) is 0 Å². The Hall–Kier alpha value is -6.24. The Labute approximate surface area is 332 Å². The summed E-state index contributed by atoms with van der Waals surface area (Å²) in [6.07, 6.45) is 3.62. The lowest BCUT2D eigenvalue weighted by molar-refractivity contribution is -0.944. The van der Waals surface area contributed by atoms with Gasteiger partial charge in [-0.2, -0.15) is 4.57 Å². The first-order valence-electron chi connectivity index (χ1n) is 20.3. The van der Waals surface area contributed by atoms with Crippen LogP contribution in [-0.2, 0) is 12.1 Å². The van der Waals surface area contributed by atoms with Crippen LogP contribution in [-0.4, -0.2) is 12.6 Å².